The Hall–Kier alpha value is -0.450. The SMILES string of the molecule is CCOC(C)(CC)C(Cc1cc(F)ccc1Br)NC. The van der Waals surface area contributed by atoms with Crippen molar-refractivity contribution >= 4 is 15.9 Å². The van der Waals surface area contributed by atoms with Gasteiger partial charge in [0.1, 0.15) is 5.82 Å². The van der Waals surface area contributed by atoms with E-state index in [0.29, 0.717) is 6.61 Å². The van der Waals surface area contributed by atoms with E-state index >= 15 is 0 Å². The van der Waals surface area contributed by atoms with Crippen LogP contribution in [0.25, 0.3) is 0 Å². The van der Waals surface area contributed by atoms with E-state index in [1.807, 2.05) is 14.0 Å². The number of ether oxygens (including phenoxy) is 1. The molecule has 0 aliphatic carbocycles. The van der Waals surface area contributed by atoms with E-state index in [4.69, 9.17) is 4.74 Å². The number of likely N-dealkylation sites (N-methyl/N-ethyl adjacent to an activating group) is 1. The molecular formula is C15H23BrFNO. The summed E-state index contributed by atoms with van der Waals surface area (Å²) in [5, 5.41) is 3.31. The van der Waals surface area contributed by atoms with Crippen LogP contribution in [0.2, 0.25) is 0 Å². The third-order valence-electron chi connectivity index (χ3n) is 3.69. The zero-order chi connectivity index (χ0) is 14.5. The van der Waals surface area contributed by atoms with E-state index in [0.717, 1.165) is 22.9 Å². The summed E-state index contributed by atoms with van der Waals surface area (Å²) >= 11 is 3.48. The summed E-state index contributed by atoms with van der Waals surface area (Å²) in [7, 11) is 1.92. The van der Waals surface area contributed by atoms with Crippen LogP contribution in [0.4, 0.5) is 4.39 Å². The van der Waals surface area contributed by atoms with Crippen LogP contribution in [0, 0.1) is 5.82 Å². The van der Waals surface area contributed by atoms with Gasteiger partial charge in [0.2, 0.25) is 0 Å². The van der Waals surface area contributed by atoms with Crippen molar-refractivity contribution in [3.63, 3.8) is 0 Å². The van der Waals surface area contributed by atoms with Gasteiger partial charge >= 0.3 is 0 Å². The monoisotopic (exact) mass is 331 g/mol. The van der Waals surface area contributed by atoms with E-state index in [1.165, 1.54) is 6.07 Å². The van der Waals surface area contributed by atoms with Crippen molar-refractivity contribution in [1.29, 1.82) is 0 Å². The highest BCUT2D eigenvalue weighted by atomic mass is 79.9. The van der Waals surface area contributed by atoms with Crippen molar-refractivity contribution in [2.24, 2.45) is 0 Å². The molecule has 0 fully saturated rings. The first-order chi connectivity index (χ1) is 8.96. The minimum absolute atomic E-state index is 0.135. The molecule has 0 aliphatic heterocycles. The summed E-state index contributed by atoms with van der Waals surface area (Å²) < 4.78 is 20.2. The number of hydrogen-bond donors (Lipinski definition) is 1. The molecule has 1 rings (SSSR count). The molecule has 4 heteroatoms. The molecule has 2 unspecified atom stereocenters. The average Bonchev–Trinajstić information content (AvgIpc) is 2.39. The molecule has 0 amide bonds. The summed E-state index contributed by atoms with van der Waals surface area (Å²) in [5.74, 6) is -0.206. The van der Waals surface area contributed by atoms with E-state index in [-0.39, 0.29) is 17.5 Å². The van der Waals surface area contributed by atoms with Gasteiger partial charge in [-0.15, -0.1) is 0 Å². The van der Waals surface area contributed by atoms with Crippen LogP contribution in [-0.4, -0.2) is 25.3 Å². The smallest absolute Gasteiger partial charge is 0.123 e. The van der Waals surface area contributed by atoms with Crippen molar-refractivity contribution < 1.29 is 9.13 Å². The largest absolute Gasteiger partial charge is 0.374 e. The highest BCUT2D eigenvalue weighted by Gasteiger charge is 2.32. The van der Waals surface area contributed by atoms with Crippen molar-refractivity contribution in [2.45, 2.75) is 45.3 Å². The molecule has 0 spiro atoms. The molecule has 0 saturated heterocycles. The van der Waals surface area contributed by atoms with Gasteiger partial charge in [0.25, 0.3) is 0 Å². The Labute approximate surface area is 123 Å². The fraction of sp³-hybridized carbons (Fsp3) is 0.600. The van der Waals surface area contributed by atoms with Crippen LogP contribution in [-0.2, 0) is 11.2 Å². The Morgan fingerprint density at radius 3 is 2.63 bits per heavy atom. The van der Waals surface area contributed by atoms with Gasteiger partial charge in [0.15, 0.2) is 0 Å². The number of halogens is 2. The van der Waals surface area contributed by atoms with Gasteiger partial charge in [-0.2, -0.15) is 0 Å². The second-order valence-corrected chi connectivity index (χ2v) is 5.73. The first-order valence-corrected chi connectivity index (χ1v) is 7.51. The van der Waals surface area contributed by atoms with Gasteiger partial charge in [0.05, 0.1) is 5.60 Å². The fourth-order valence-corrected chi connectivity index (χ4v) is 2.73. The van der Waals surface area contributed by atoms with Crippen LogP contribution in [0.15, 0.2) is 22.7 Å². The lowest BCUT2D eigenvalue weighted by molar-refractivity contribution is -0.0534. The van der Waals surface area contributed by atoms with E-state index < -0.39 is 0 Å². The fourth-order valence-electron chi connectivity index (χ4n) is 2.32. The summed E-state index contributed by atoms with van der Waals surface area (Å²) in [6, 6.07) is 4.93. The Balaban J connectivity index is 2.95. The molecule has 2 nitrogen and oxygen atoms in total. The normalized spacial score (nSPS) is 16.1. The maximum atomic E-state index is 13.4. The molecule has 1 aromatic rings. The standard InChI is InChI=1S/C15H23BrFNO/c1-5-15(3,19-6-2)14(18-4)10-11-9-12(17)7-8-13(11)16/h7-9,14,18H,5-6,10H2,1-4H3. The van der Waals surface area contributed by atoms with Crippen LogP contribution >= 0.6 is 15.9 Å². The molecule has 0 heterocycles. The predicted octanol–water partition coefficient (Wildman–Crippen LogP) is 3.92. The molecular weight excluding hydrogens is 309 g/mol. The molecule has 108 valence electrons. The average molecular weight is 332 g/mol. The van der Waals surface area contributed by atoms with Crippen molar-refractivity contribution in [2.75, 3.05) is 13.7 Å². The summed E-state index contributed by atoms with van der Waals surface area (Å²) in [6.45, 7) is 6.89. The Morgan fingerprint density at radius 1 is 1.42 bits per heavy atom. The van der Waals surface area contributed by atoms with E-state index in [1.54, 1.807) is 12.1 Å². The molecule has 0 aliphatic rings. The quantitative estimate of drug-likeness (QED) is 0.817. The lowest BCUT2D eigenvalue weighted by Crippen LogP contribution is -2.50. The number of hydrogen-bond acceptors (Lipinski definition) is 2. The van der Waals surface area contributed by atoms with E-state index in [2.05, 4.69) is 35.1 Å². The number of rotatable bonds is 7. The van der Waals surface area contributed by atoms with Crippen LogP contribution in [0.5, 0.6) is 0 Å². The summed E-state index contributed by atoms with van der Waals surface area (Å²) in [6.07, 6.45) is 1.62. The Bertz CT molecular complexity index is 413. The highest BCUT2D eigenvalue weighted by Crippen LogP contribution is 2.26. The summed E-state index contributed by atoms with van der Waals surface area (Å²) in [4.78, 5) is 0. The van der Waals surface area contributed by atoms with Crippen LogP contribution < -0.4 is 5.32 Å². The van der Waals surface area contributed by atoms with Crippen molar-refractivity contribution in [3.8, 4) is 0 Å². The number of benzene rings is 1. The Kier molecular flexibility index (Phi) is 6.43. The van der Waals surface area contributed by atoms with Crippen molar-refractivity contribution in [1.82, 2.24) is 5.32 Å². The van der Waals surface area contributed by atoms with Gasteiger partial charge in [-0.05, 0) is 57.5 Å². The van der Waals surface area contributed by atoms with Gasteiger partial charge < -0.3 is 10.1 Å². The molecule has 0 bridgehead atoms. The molecule has 1 aromatic carbocycles. The summed E-state index contributed by atoms with van der Waals surface area (Å²) in [5.41, 5.74) is 0.702. The lowest BCUT2D eigenvalue weighted by Gasteiger charge is -2.37. The van der Waals surface area contributed by atoms with Crippen molar-refractivity contribution in [3.05, 3.63) is 34.1 Å². The Morgan fingerprint density at radius 2 is 2.11 bits per heavy atom. The topological polar surface area (TPSA) is 21.3 Å². The van der Waals surface area contributed by atoms with Gasteiger partial charge in [-0.3, -0.25) is 0 Å². The maximum Gasteiger partial charge on any atom is 0.123 e. The van der Waals surface area contributed by atoms with Gasteiger partial charge in [-0.1, -0.05) is 22.9 Å². The lowest BCUT2D eigenvalue weighted by atomic mass is 9.88. The highest BCUT2D eigenvalue weighted by molar-refractivity contribution is 9.10. The van der Waals surface area contributed by atoms with Gasteiger partial charge in [-0.25, -0.2) is 4.39 Å². The zero-order valence-corrected chi connectivity index (χ0v) is 13.7. The maximum absolute atomic E-state index is 13.4. The molecule has 19 heavy (non-hydrogen) atoms. The second-order valence-electron chi connectivity index (χ2n) is 4.88. The minimum atomic E-state index is -0.255. The molecule has 1 N–H and O–H groups in total. The van der Waals surface area contributed by atoms with Gasteiger partial charge in [0, 0.05) is 17.1 Å². The first-order valence-electron chi connectivity index (χ1n) is 6.72. The zero-order valence-electron chi connectivity index (χ0n) is 12.1. The predicted molar refractivity (Wildman–Crippen MR) is 81.0 cm³/mol. The molecule has 0 aromatic heterocycles. The third-order valence-corrected chi connectivity index (χ3v) is 4.47. The van der Waals surface area contributed by atoms with E-state index in [9.17, 15) is 4.39 Å². The second kappa shape index (κ2) is 7.36. The molecule has 2 atom stereocenters. The minimum Gasteiger partial charge on any atom is -0.374 e. The number of nitrogens with one attached hydrogen (secondary N) is 1. The third kappa shape index (κ3) is 4.26. The first kappa shape index (κ1) is 16.6. The van der Waals surface area contributed by atoms with Crippen LogP contribution in [0.3, 0.4) is 0 Å². The van der Waals surface area contributed by atoms with Crippen LogP contribution in [0.1, 0.15) is 32.8 Å². The molecule has 0 saturated carbocycles. The molecule has 0 radical (unpaired) electrons.